The number of hydrogen-bond acceptors (Lipinski definition) is 2. The van der Waals surface area contributed by atoms with E-state index < -0.39 is 0 Å². The number of nitrogens with zero attached hydrogens (tertiary/aromatic N) is 1. The van der Waals surface area contributed by atoms with E-state index in [1.54, 1.807) is 0 Å². The van der Waals surface area contributed by atoms with Crippen molar-refractivity contribution in [3.63, 3.8) is 0 Å². The van der Waals surface area contributed by atoms with E-state index in [0.29, 0.717) is 12.5 Å². The number of hydrogen-bond donors (Lipinski definition) is 2. The van der Waals surface area contributed by atoms with E-state index in [4.69, 9.17) is 17.3 Å². The van der Waals surface area contributed by atoms with E-state index in [-0.39, 0.29) is 0 Å². The predicted octanol–water partition coefficient (Wildman–Crippen LogP) is 3.57. The van der Waals surface area contributed by atoms with Gasteiger partial charge < -0.3 is 10.7 Å². The van der Waals surface area contributed by atoms with Gasteiger partial charge in [-0.1, -0.05) is 37.1 Å². The van der Waals surface area contributed by atoms with Crippen LogP contribution < -0.4 is 5.73 Å². The van der Waals surface area contributed by atoms with Crippen LogP contribution in [0, 0.1) is 0 Å². The summed E-state index contributed by atoms with van der Waals surface area (Å²) >= 11 is 5.88. The minimum Gasteiger partial charge on any atom is -0.342 e. The number of nitrogens with one attached hydrogen (secondary N) is 1. The molecule has 0 saturated heterocycles. The number of nitrogens with two attached hydrogens (primary N) is 1. The summed E-state index contributed by atoms with van der Waals surface area (Å²) in [5.74, 6) is 1.29. The Labute approximate surface area is 112 Å². The maximum atomic E-state index is 5.88. The fraction of sp³-hybridized carbons (Fsp3) is 0.357. The Hall–Kier alpha value is -1.32. The Morgan fingerprint density at radius 3 is 2.67 bits per heavy atom. The lowest BCUT2D eigenvalue weighted by atomic mass is 10.0. The van der Waals surface area contributed by atoms with Gasteiger partial charge in [0.2, 0.25) is 0 Å². The molecule has 1 atom stereocenters. The predicted molar refractivity (Wildman–Crippen MR) is 75.7 cm³/mol. The van der Waals surface area contributed by atoms with Crippen molar-refractivity contribution in [2.24, 2.45) is 5.73 Å². The first-order valence-corrected chi connectivity index (χ1v) is 6.63. The minimum absolute atomic E-state index is 0.316. The first-order chi connectivity index (χ1) is 8.74. The van der Waals surface area contributed by atoms with E-state index in [2.05, 4.69) is 16.9 Å². The van der Waals surface area contributed by atoms with Gasteiger partial charge in [0.25, 0.3) is 0 Å². The normalized spacial score (nSPS) is 12.6. The van der Waals surface area contributed by atoms with Crippen molar-refractivity contribution < 1.29 is 0 Å². The fourth-order valence-electron chi connectivity index (χ4n) is 2.03. The van der Waals surface area contributed by atoms with Crippen molar-refractivity contribution in [2.45, 2.75) is 25.7 Å². The molecule has 0 aliphatic heterocycles. The monoisotopic (exact) mass is 263 g/mol. The van der Waals surface area contributed by atoms with Crippen molar-refractivity contribution in [3.05, 3.63) is 41.3 Å². The van der Waals surface area contributed by atoms with Gasteiger partial charge in [0, 0.05) is 17.5 Å². The molecule has 0 spiro atoms. The van der Waals surface area contributed by atoms with Gasteiger partial charge >= 0.3 is 0 Å². The average molecular weight is 264 g/mol. The number of aromatic amines is 1. The summed E-state index contributed by atoms with van der Waals surface area (Å²) in [6.07, 6.45) is 4.03. The largest absolute Gasteiger partial charge is 0.342 e. The molecule has 2 rings (SSSR count). The van der Waals surface area contributed by atoms with Crippen molar-refractivity contribution in [3.8, 4) is 11.3 Å². The van der Waals surface area contributed by atoms with Crippen LogP contribution in [0.25, 0.3) is 11.3 Å². The van der Waals surface area contributed by atoms with Gasteiger partial charge in [-0.3, -0.25) is 0 Å². The third-order valence-electron chi connectivity index (χ3n) is 3.06. The summed E-state index contributed by atoms with van der Waals surface area (Å²) in [5.41, 5.74) is 7.88. The third kappa shape index (κ3) is 2.92. The maximum Gasteiger partial charge on any atom is 0.110 e. The molecule has 2 aromatic rings. The van der Waals surface area contributed by atoms with Crippen molar-refractivity contribution in [2.75, 3.05) is 6.54 Å². The zero-order valence-electron chi connectivity index (χ0n) is 10.5. The molecule has 0 bridgehead atoms. The number of H-pyrrole nitrogens is 1. The molecule has 0 aliphatic rings. The van der Waals surface area contributed by atoms with E-state index in [1.165, 1.54) is 0 Å². The summed E-state index contributed by atoms with van der Waals surface area (Å²) in [6.45, 7) is 2.78. The summed E-state index contributed by atoms with van der Waals surface area (Å²) in [5, 5.41) is 0.740. The topological polar surface area (TPSA) is 54.7 Å². The highest BCUT2D eigenvalue weighted by Crippen LogP contribution is 2.23. The molecule has 0 saturated carbocycles. The van der Waals surface area contributed by atoms with Crippen LogP contribution in [0.5, 0.6) is 0 Å². The lowest BCUT2D eigenvalue weighted by molar-refractivity contribution is 0.595. The van der Waals surface area contributed by atoms with Crippen LogP contribution in [-0.2, 0) is 0 Å². The summed E-state index contributed by atoms with van der Waals surface area (Å²) in [6, 6.07) is 7.72. The molecule has 0 fully saturated rings. The smallest absolute Gasteiger partial charge is 0.110 e. The number of halogens is 1. The molecule has 1 aromatic heterocycles. The Kier molecular flexibility index (Phi) is 4.39. The van der Waals surface area contributed by atoms with Crippen LogP contribution in [0.3, 0.4) is 0 Å². The van der Waals surface area contributed by atoms with Crippen LogP contribution in [0.15, 0.2) is 30.5 Å². The Balaban J connectivity index is 2.21. The molecule has 0 aliphatic carbocycles. The third-order valence-corrected chi connectivity index (χ3v) is 3.31. The first-order valence-electron chi connectivity index (χ1n) is 6.25. The zero-order valence-corrected chi connectivity index (χ0v) is 11.2. The van der Waals surface area contributed by atoms with Gasteiger partial charge in [0.15, 0.2) is 0 Å². The molecule has 0 radical (unpaired) electrons. The van der Waals surface area contributed by atoms with Crippen molar-refractivity contribution in [1.29, 1.82) is 0 Å². The molecule has 3 N–H and O–H groups in total. The summed E-state index contributed by atoms with van der Waals surface area (Å²) < 4.78 is 0. The van der Waals surface area contributed by atoms with Gasteiger partial charge in [-0.05, 0) is 24.1 Å². The van der Waals surface area contributed by atoms with Crippen LogP contribution in [-0.4, -0.2) is 16.5 Å². The molecule has 1 unspecified atom stereocenters. The number of aromatic nitrogens is 2. The second-order valence-electron chi connectivity index (χ2n) is 4.41. The first kappa shape index (κ1) is 13.1. The lowest BCUT2D eigenvalue weighted by Crippen LogP contribution is -2.13. The van der Waals surface area contributed by atoms with Gasteiger partial charge in [-0.2, -0.15) is 0 Å². The number of rotatable bonds is 5. The number of imidazole rings is 1. The minimum atomic E-state index is 0.316. The molecule has 0 amide bonds. The Morgan fingerprint density at radius 1 is 1.33 bits per heavy atom. The van der Waals surface area contributed by atoms with Gasteiger partial charge in [0.1, 0.15) is 5.82 Å². The van der Waals surface area contributed by atoms with E-state index in [0.717, 1.165) is 34.9 Å². The highest BCUT2D eigenvalue weighted by Gasteiger charge is 2.12. The zero-order chi connectivity index (χ0) is 13.0. The summed E-state index contributed by atoms with van der Waals surface area (Å²) in [7, 11) is 0. The molecular weight excluding hydrogens is 246 g/mol. The highest BCUT2D eigenvalue weighted by atomic mass is 35.5. The summed E-state index contributed by atoms with van der Waals surface area (Å²) in [4.78, 5) is 7.79. The SMILES string of the molecule is CCCC(CN)c1ncc(-c2ccc(Cl)cc2)[nH]1. The van der Waals surface area contributed by atoms with Crippen LogP contribution in [0.2, 0.25) is 5.02 Å². The highest BCUT2D eigenvalue weighted by molar-refractivity contribution is 6.30. The van der Waals surface area contributed by atoms with Crippen LogP contribution in [0.4, 0.5) is 0 Å². The fourth-order valence-corrected chi connectivity index (χ4v) is 2.16. The molecule has 1 aromatic carbocycles. The van der Waals surface area contributed by atoms with Gasteiger partial charge in [-0.25, -0.2) is 4.98 Å². The maximum absolute atomic E-state index is 5.88. The molecule has 18 heavy (non-hydrogen) atoms. The van der Waals surface area contributed by atoms with E-state index in [1.807, 2.05) is 30.5 Å². The average Bonchev–Trinajstić information content (AvgIpc) is 2.86. The van der Waals surface area contributed by atoms with Crippen molar-refractivity contribution >= 4 is 11.6 Å². The van der Waals surface area contributed by atoms with Crippen LogP contribution in [0.1, 0.15) is 31.5 Å². The second kappa shape index (κ2) is 6.03. The Morgan fingerprint density at radius 2 is 2.06 bits per heavy atom. The van der Waals surface area contributed by atoms with Gasteiger partial charge in [0.05, 0.1) is 11.9 Å². The standard InChI is InChI=1S/C14H18ClN3/c1-2-3-11(8-16)14-17-9-13(18-14)10-4-6-12(15)7-5-10/h4-7,9,11H,2-3,8,16H2,1H3,(H,17,18). The van der Waals surface area contributed by atoms with E-state index in [9.17, 15) is 0 Å². The molecule has 3 nitrogen and oxygen atoms in total. The quantitative estimate of drug-likeness (QED) is 0.866. The van der Waals surface area contributed by atoms with Crippen LogP contribution >= 0.6 is 11.6 Å². The second-order valence-corrected chi connectivity index (χ2v) is 4.85. The molecule has 96 valence electrons. The van der Waals surface area contributed by atoms with Crippen molar-refractivity contribution in [1.82, 2.24) is 9.97 Å². The lowest BCUT2D eigenvalue weighted by Gasteiger charge is -2.09. The molecular formula is C14H18ClN3. The molecule has 1 heterocycles. The Bertz CT molecular complexity index is 490. The molecule has 4 heteroatoms. The number of benzene rings is 1. The van der Waals surface area contributed by atoms with E-state index >= 15 is 0 Å². The van der Waals surface area contributed by atoms with Gasteiger partial charge in [-0.15, -0.1) is 0 Å².